The molecule has 0 saturated carbocycles. The van der Waals surface area contributed by atoms with Gasteiger partial charge in [0.25, 0.3) is 0 Å². The highest BCUT2D eigenvalue weighted by Gasteiger charge is 2.33. The monoisotopic (exact) mass is 222 g/mol. The van der Waals surface area contributed by atoms with E-state index in [1.807, 2.05) is 0 Å². The zero-order chi connectivity index (χ0) is 10.1. The van der Waals surface area contributed by atoms with Gasteiger partial charge in [0.1, 0.15) is 0 Å². The van der Waals surface area contributed by atoms with Crippen molar-refractivity contribution in [2.24, 2.45) is 5.41 Å². The van der Waals surface area contributed by atoms with E-state index in [1.165, 1.54) is 0 Å². The fraction of sp³-hybridized carbons (Fsp3) is 1.00. The molecule has 0 spiro atoms. The van der Waals surface area contributed by atoms with Crippen LogP contribution in [-0.2, 0) is 13.3 Å². The van der Waals surface area contributed by atoms with E-state index in [0.717, 1.165) is 13.2 Å². The van der Waals surface area contributed by atoms with Gasteiger partial charge in [0.05, 0.1) is 13.2 Å². The van der Waals surface area contributed by atoms with Crippen LogP contribution in [0.4, 0.5) is 0 Å². The van der Waals surface area contributed by atoms with Gasteiger partial charge in [-0.3, -0.25) is 0 Å². The summed E-state index contributed by atoms with van der Waals surface area (Å²) in [6, 6.07) is 0. The summed E-state index contributed by atoms with van der Waals surface area (Å²) in [5.41, 5.74) is 0.141. The molecule has 0 aliphatic carbocycles. The molecule has 0 unspecified atom stereocenters. The zero-order valence-electron chi connectivity index (χ0n) is 9.09. The van der Waals surface area contributed by atoms with Crippen molar-refractivity contribution in [2.45, 2.75) is 33.5 Å². The standard InChI is InChI=1S/C8H19O3PSi/c1-8(2)6-9-12(10-7-8)11-13(3,4)5/h6-7H2,1-5H3. The molecule has 1 rings (SSSR count). The van der Waals surface area contributed by atoms with E-state index in [2.05, 4.69) is 33.5 Å². The van der Waals surface area contributed by atoms with Crippen LogP contribution in [0.3, 0.4) is 0 Å². The Balaban J connectivity index is 2.34. The van der Waals surface area contributed by atoms with Crippen molar-refractivity contribution in [1.29, 1.82) is 0 Å². The first kappa shape index (κ1) is 11.6. The third kappa shape index (κ3) is 4.52. The topological polar surface area (TPSA) is 27.7 Å². The summed E-state index contributed by atoms with van der Waals surface area (Å²) in [6.45, 7) is 12.2. The van der Waals surface area contributed by atoms with Crippen LogP contribution in [0, 0.1) is 5.41 Å². The van der Waals surface area contributed by atoms with Crippen LogP contribution in [0.1, 0.15) is 13.8 Å². The Morgan fingerprint density at radius 1 is 1.15 bits per heavy atom. The van der Waals surface area contributed by atoms with Gasteiger partial charge in [-0.15, -0.1) is 0 Å². The Hall–Kier alpha value is 0.527. The first-order valence-corrected chi connectivity index (χ1v) is 9.04. The summed E-state index contributed by atoms with van der Waals surface area (Å²) in [5.74, 6) is 0. The highest BCUT2D eigenvalue weighted by Crippen LogP contribution is 2.48. The van der Waals surface area contributed by atoms with Crippen molar-refractivity contribution in [3.8, 4) is 0 Å². The molecule has 0 aromatic carbocycles. The van der Waals surface area contributed by atoms with E-state index in [1.54, 1.807) is 0 Å². The van der Waals surface area contributed by atoms with E-state index in [-0.39, 0.29) is 5.41 Å². The molecule has 0 N–H and O–H groups in total. The van der Waals surface area contributed by atoms with Crippen molar-refractivity contribution in [3.05, 3.63) is 0 Å². The van der Waals surface area contributed by atoms with Gasteiger partial charge >= 0.3 is 8.60 Å². The Labute approximate surface area is 82.9 Å². The predicted octanol–water partition coefficient (Wildman–Crippen LogP) is 3.14. The molecule has 1 saturated heterocycles. The highest BCUT2D eigenvalue weighted by atomic mass is 31.2. The fourth-order valence-electron chi connectivity index (χ4n) is 0.810. The molecule has 78 valence electrons. The van der Waals surface area contributed by atoms with E-state index in [4.69, 9.17) is 13.3 Å². The third-order valence-corrected chi connectivity index (χ3v) is 4.94. The maximum atomic E-state index is 5.73. The first-order valence-electron chi connectivity index (χ1n) is 4.54. The second kappa shape index (κ2) is 3.95. The maximum absolute atomic E-state index is 5.73. The molecule has 0 atom stereocenters. The fourth-order valence-corrected chi connectivity index (χ4v) is 4.00. The molecule has 0 radical (unpaired) electrons. The van der Waals surface area contributed by atoms with Crippen LogP contribution in [0.2, 0.25) is 19.6 Å². The third-order valence-electron chi connectivity index (χ3n) is 1.47. The van der Waals surface area contributed by atoms with E-state index in [9.17, 15) is 0 Å². The van der Waals surface area contributed by atoms with Gasteiger partial charge in [0.15, 0.2) is 8.32 Å². The second-order valence-corrected chi connectivity index (χ2v) is 11.1. The molecule has 0 aromatic rings. The van der Waals surface area contributed by atoms with Crippen LogP contribution < -0.4 is 0 Å². The van der Waals surface area contributed by atoms with Gasteiger partial charge in [-0.2, -0.15) is 0 Å². The zero-order valence-corrected chi connectivity index (χ0v) is 11.0. The van der Waals surface area contributed by atoms with Gasteiger partial charge in [-0.25, -0.2) is 0 Å². The van der Waals surface area contributed by atoms with Crippen LogP contribution >= 0.6 is 8.60 Å². The van der Waals surface area contributed by atoms with Crippen molar-refractivity contribution in [2.75, 3.05) is 13.2 Å². The molecule has 5 heteroatoms. The number of rotatable bonds is 2. The van der Waals surface area contributed by atoms with Crippen LogP contribution in [-0.4, -0.2) is 21.5 Å². The van der Waals surface area contributed by atoms with E-state index < -0.39 is 16.9 Å². The predicted molar refractivity (Wildman–Crippen MR) is 57.0 cm³/mol. The molecule has 1 fully saturated rings. The largest absolute Gasteiger partial charge is 0.355 e. The molecule has 3 nitrogen and oxygen atoms in total. The van der Waals surface area contributed by atoms with Crippen molar-refractivity contribution in [1.82, 2.24) is 0 Å². The second-order valence-electron chi connectivity index (χ2n) is 5.14. The molecule has 0 amide bonds. The quantitative estimate of drug-likeness (QED) is 0.530. The minimum absolute atomic E-state index is 0.141. The van der Waals surface area contributed by atoms with E-state index in [0.29, 0.717) is 0 Å². The van der Waals surface area contributed by atoms with Crippen molar-refractivity contribution >= 4 is 16.9 Å². The normalized spacial score (nSPS) is 24.7. The van der Waals surface area contributed by atoms with Gasteiger partial charge in [-0.1, -0.05) is 13.8 Å². The number of hydrogen-bond donors (Lipinski definition) is 0. The smallest absolute Gasteiger partial charge is 0.321 e. The molecule has 1 aliphatic heterocycles. The SMILES string of the molecule is CC1(C)COP(O[Si](C)(C)C)OC1. The average molecular weight is 222 g/mol. The lowest BCUT2D eigenvalue weighted by molar-refractivity contribution is 0.0419. The average Bonchev–Trinajstić information content (AvgIpc) is 1.91. The minimum atomic E-state index is -1.51. The van der Waals surface area contributed by atoms with Crippen molar-refractivity contribution < 1.29 is 13.3 Å². The molecular formula is C8H19O3PSi. The van der Waals surface area contributed by atoms with E-state index >= 15 is 0 Å². The molecule has 13 heavy (non-hydrogen) atoms. The summed E-state index contributed by atoms with van der Waals surface area (Å²) in [7, 11) is -2.57. The summed E-state index contributed by atoms with van der Waals surface area (Å²) in [4.78, 5) is 0. The maximum Gasteiger partial charge on any atom is 0.321 e. The Kier molecular flexibility index (Phi) is 3.53. The Morgan fingerprint density at radius 3 is 2.00 bits per heavy atom. The van der Waals surface area contributed by atoms with Crippen LogP contribution in [0.25, 0.3) is 0 Å². The van der Waals surface area contributed by atoms with Gasteiger partial charge in [0.2, 0.25) is 0 Å². The van der Waals surface area contributed by atoms with Gasteiger partial charge in [-0.05, 0) is 19.6 Å². The molecular weight excluding hydrogens is 203 g/mol. The minimum Gasteiger partial charge on any atom is -0.355 e. The summed E-state index contributed by atoms with van der Waals surface area (Å²) in [6.07, 6.45) is 0. The summed E-state index contributed by atoms with van der Waals surface area (Å²) >= 11 is 0. The molecule has 0 aromatic heterocycles. The Bertz CT molecular complexity index is 169. The van der Waals surface area contributed by atoms with Crippen LogP contribution in [0.5, 0.6) is 0 Å². The molecule has 0 bridgehead atoms. The van der Waals surface area contributed by atoms with Crippen LogP contribution in [0.15, 0.2) is 0 Å². The lowest BCUT2D eigenvalue weighted by Crippen LogP contribution is -2.31. The van der Waals surface area contributed by atoms with Gasteiger partial charge in [0, 0.05) is 5.41 Å². The first-order chi connectivity index (χ1) is 5.79. The summed E-state index contributed by atoms with van der Waals surface area (Å²) in [5, 5.41) is 0. The molecule has 1 heterocycles. The Morgan fingerprint density at radius 2 is 1.62 bits per heavy atom. The number of hydrogen-bond acceptors (Lipinski definition) is 3. The molecule has 1 aliphatic rings. The summed E-state index contributed by atoms with van der Waals surface area (Å²) < 4.78 is 16.8. The lowest BCUT2D eigenvalue weighted by atomic mass is 9.97. The highest BCUT2D eigenvalue weighted by molar-refractivity contribution is 7.43. The van der Waals surface area contributed by atoms with Crippen molar-refractivity contribution in [3.63, 3.8) is 0 Å². The lowest BCUT2D eigenvalue weighted by Gasteiger charge is -2.35. The van der Waals surface area contributed by atoms with Gasteiger partial charge < -0.3 is 13.3 Å².